The van der Waals surface area contributed by atoms with Gasteiger partial charge in [-0.15, -0.1) is 0 Å². The van der Waals surface area contributed by atoms with Gasteiger partial charge in [-0.05, 0) is 54.3 Å². The minimum absolute atomic E-state index is 0.112. The zero-order valence-corrected chi connectivity index (χ0v) is 17.5. The van der Waals surface area contributed by atoms with E-state index < -0.39 is 0 Å². The molecule has 0 aliphatic carbocycles. The van der Waals surface area contributed by atoms with Crippen molar-refractivity contribution in [2.45, 2.75) is 39.9 Å². The van der Waals surface area contributed by atoms with Crippen LogP contribution in [0.15, 0.2) is 66.9 Å². The molecule has 0 aliphatic heterocycles. The fourth-order valence-electron chi connectivity index (χ4n) is 3.40. The summed E-state index contributed by atoms with van der Waals surface area (Å²) in [6.07, 6.45) is 3.12. The smallest absolute Gasteiger partial charge is 0.269 e. The van der Waals surface area contributed by atoms with Crippen molar-refractivity contribution in [1.29, 1.82) is 0 Å². The summed E-state index contributed by atoms with van der Waals surface area (Å²) < 4.78 is 15.4. The van der Waals surface area contributed by atoms with Crippen LogP contribution in [0.3, 0.4) is 0 Å². The first-order valence-corrected chi connectivity index (χ1v) is 10.2. The van der Waals surface area contributed by atoms with Crippen LogP contribution >= 0.6 is 0 Å². The highest BCUT2D eigenvalue weighted by atomic mass is 19.1. The molecule has 0 spiro atoms. The third-order valence-electron chi connectivity index (χ3n) is 5.15. The van der Waals surface area contributed by atoms with E-state index in [-0.39, 0.29) is 16.4 Å². The van der Waals surface area contributed by atoms with E-state index in [0.29, 0.717) is 12.5 Å². The maximum absolute atomic E-state index is 13.2. The molecule has 3 rings (SSSR count). The number of non-ortho nitro benzene ring substituents is 1. The number of nitrogens with zero attached hydrogens (tertiary/aromatic N) is 3. The van der Waals surface area contributed by atoms with Crippen LogP contribution in [0.4, 0.5) is 10.1 Å². The highest BCUT2D eigenvalue weighted by molar-refractivity contribution is 5.32. The number of hydrogen-bond donors (Lipinski definition) is 0. The largest absolute Gasteiger partial charge is 0.346 e. The Morgan fingerprint density at radius 3 is 2.30 bits per heavy atom. The molecule has 0 fully saturated rings. The van der Waals surface area contributed by atoms with Crippen LogP contribution in [0.5, 0.6) is 0 Å². The first kappa shape index (κ1) is 21.7. The Kier molecular flexibility index (Phi) is 7.36. The molecule has 30 heavy (non-hydrogen) atoms. The van der Waals surface area contributed by atoms with E-state index >= 15 is 0 Å². The molecule has 5 nitrogen and oxygen atoms in total. The van der Waals surface area contributed by atoms with Gasteiger partial charge < -0.3 is 4.57 Å². The van der Waals surface area contributed by atoms with Crippen LogP contribution in [0.1, 0.15) is 37.1 Å². The Labute approximate surface area is 176 Å². The van der Waals surface area contributed by atoms with E-state index in [0.717, 1.165) is 37.2 Å². The van der Waals surface area contributed by atoms with Gasteiger partial charge in [0.1, 0.15) is 5.82 Å². The Balaban J connectivity index is 1.72. The van der Waals surface area contributed by atoms with E-state index in [1.54, 1.807) is 12.1 Å². The first-order chi connectivity index (χ1) is 14.4. The summed E-state index contributed by atoms with van der Waals surface area (Å²) in [7, 11) is 0. The third kappa shape index (κ3) is 6.26. The number of aromatic nitrogens is 1. The minimum Gasteiger partial charge on any atom is -0.346 e. The highest BCUT2D eigenvalue weighted by Gasteiger charge is 2.12. The predicted molar refractivity (Wildman–Crippen MR) is 117 cm³/mol. The highest BCUT2D eigenvalue weighted by Crippen LogP contribution is 2.17. The summed E-state index contributed by atoms with van der Waals surface area (Å²) in [6.45, 7) is 7.56. The molecule has 0 aliphatic rings. The molecule has 0 radical (unpaired) electrons. The molecule has 6 heteroatoms. The van der Waals surface area contributed by atoms with Crippen LogP contribution in [-0.4, -0.2) is 20.9 Å². The lowest BCUT2D eigenvalue weighted by Gasteiger charge is -2.24. The number of benzene rings is 2. The molecule has 158 valence electrons. The van der Waals surface area contributed by atoms with Gasteiger partial charge in [-0.1, -0.05) is 38.1 Å². The summed E-state index contributed by atoms with van der Waals surface area (Å²) in [5.41, 5.74) is 3.41. The molecule has 0 amide bonds. The van der Waals surface area contributed by atoms with Crippen LogP contribution < -0.4 is 0 Å². The molecule has 0 unspecified atom stereocenters. The average Bonchev–Trinajstić information content (AvgIpc) is 3.15. The van der Waals surface area contributed by atoms with Crippen molar-refractivity contribution in [1.82, 2.24) is 9.47 Å². The van der Waals surface area contributed by atoms with Crippen molar-refractivity contribution in [2.24, 2.45) is 5.92 Å². The second-order valence-corrected chi connectivity index (χ2v) is 8.07. The normalized spacial score (nSPS) is 11.4. The molecule has 0 saturated carbocycles. The molecular weight excluding hydrogens is 381 g/mol. The SMILES string of the molecule is CC(C)CCN(Cc1ccc([N+](=O)[O-])cc1)Cc1cccn1Cc1ccc(F)cc1. The van der Waals surface area contributed by atoms with Crippen molar-refractivity contribution < 1.29 is 9.31 Å². The van der Waals surface area contributed by atoms with Crippen molar-refractivity contribution in [3.05, 3.63) is 99.6 Å². The van der Waals surface area contributed by atoms with Gasteiger partial charge >= 0.3 is 0 Å². The van der Waals surface area contributed by atoms with Crippen molar-refractivity contribution in [3.8, 4) is 0 Å². The van der Waals surface area contributed by atoms with Crippen molar-refractivity contribution >= 4 is 5.69 Å². The number of nitro groups is 1. The quantitative estimate of drug-likeness (QED) is 0.322. The molecule has 0 saturated heterocycles. The Bertz CT molecular complexity index is 949. The van der Waals surface area contributed by atoms with Gasteiger partial charge in [0.15, 0.2) is 0 Å². The third-order valence-corrected chi connectivity index (χ3v) is 5.15. The summed E-state index contributed by atoms with van der Waals surface area (Å²) in [6, 6.07) is 17.5. The second kappa shape index (κ2) is 10.2. The first-order valence-electron chi connectivity index (χ1n) is 10.2. The lowest BCUT2D eigenvalue weighted by molar-refractivity contribution is -0.384. The van der Waals surface area contributed by atoms with E-state index in [1.165, 1.54) is 17.8 Å². The molecule has 2 aromatic carbocycles. The lowest BCUT2D eigenvalue weighted by Crippen LogP contribution is -2.26. The summed E-state index contributed by atoms with van der Waals surface area (Å²) in [5, 5.41) is 10.9. The summed E-state index contributed by atoms with van der Waals surface area (Å²) in [5.74, 6) is 0.366. The second-order valence-electron chi connectivity index (χ2n) is 8.07. The summed E-state index contributed by atoms with van der Waals surface area (Å²) in [4.78, 5) is 12.9. The van der Waals surface area contributed by atoms with Crippen LogP contribution in [0, 0.1) is 21.8 Å². The fourth-order valence-corrected chi connectivity index (χ4v) is 3.40. The van der Waals surface area contributed by atoms with Gasteiger partial charge in [-0.2, -0.15) is 0 Å². The Morgan fingerprint density at radius 2 is 1.67 bits per heavy atom. The van der Waals surface area contributed by atoms with E-state index in [9.17, 15) is 14.5 Å². The monoisotopic (exact) mass is 409 g/mol. The van der Waals surface area contributed by atoms with Crippen molar-refractivity contribution in [3.63, 3.8) is 0 Å². The van der Waals surface area contributed by atoms with Gasteiger partial charge in [0.25, 0.3) is 5.69 Å². The van der Waals surface area contributed by atoms with Gasteiger partial charge in [0, 0.05) is 43.7 Å². The Hall–Kier alpha value is -2.99. The molecule has 3 aromatic rings. The van der Waals surface area contributed by atoms with Crippen LogP contribution in [0.2, 0.25) is 0 Å². The molecular formula is C24H28FN3O2. The fraction of sp³-hybridized carbons (Fsp3) is 0.333. The van der Waals surface area contributed by atoms with Gasteiger partial charge in [0.2, 0.25) is 0 Å². The van der Waals surface area contributed by atoms with E-state index in [2.05, 4.69) is 29.4 Å². The molecule has 0 N–H and O–H groups in total. The van der Waals surface area contributed by atoms with Gasteiger partial charge in [0.05, 0.1) is 4.92 Å². The molecule has 1 aromatic heterocycles. The number of rotatable bonds is 10. The van der Waals surface area contributed by atoms with Gasteiger partial charge in [-0.3, -0.25) is 15.0 Å². The number of nitro benzene ring substituents is 1. The van der Waals surface area contributed by atoms with E-state index in [1.807, 2.05) is 36.5 Å². The number of hydrogen-bond acceptors (Lipinski definition) is 3. The van der Waals surface area contributed by atoms with E-state index in [4.69, 9.17) is 0 Å². The van der Waals surface area contributed by atoms with Crippen molar-refractivity contribution in [2.75, 3.05) is 6.54 Å². The zero-order chi connectivity index (χ0) is 21.5. The standard InChI is InChI=1S/C24H28FN3O2/c1-19(2)13-15-26(16-20-7-11-23(12-8-20)28(29)30)18-24-4-3-14-27(24)17-21-5-9-22(25)10-6-21/h3-12,14,19H,13,15-18H2,1-2H3. The average molecular weight is 410 g/mol. The molecule has 1 heterocycles. The lowest BCUT2D eigenvalue weighted by atomic mass is 10.1. The maximum Gasteiger partial charge on any atom is 0.269 e. The zero-order valence-electron chi connectivity index (χ0n) is 17.5. The van der Waals surface area contributed by atoms with Gasteiger partial charge in [-0.25, -0.2) is 4.39 Å². The Morgan fingerprint density at radius 1 is 1.00 bits per heavy atom. The minimum atomic E-state index is -0.372. The molecule has 0 bridgehead atoms. The maximum atomic E-state index is 13.2. The predicted octanol–water partition coefficient (Wildman–Crippen LogP) is 5.63. The topological polar surface area (TPSA) is 51.3 Å². The number of halogens is 1. The van der Waals surface area contributed by atoms with Crippen LogP contribution in [-0.2, 0) is 19.6 Å². The van der Waals surface area contributed by atoms with Crippen LogP contribution in [0.25, 0.3) is 0 Å². The summed E-state index contributed by atoms with van der Waals surface area (Å²) >= 11 is 0. The molecule has 0 atom stereocenters.